The molecule has 2 aliphatic rings. The van der Waals surface area contributed by atoms with Crippen LogP contribution in [0.1, 0.15) is 83.1 Å². The number of unbranched alkanes of at least 4 members (excludes halogenated alkanes) is 1. The summed E-state index contributed by atoms with van der Waals surface area (Å²) in [4.78, 5) is 28.1. The summed E-state index contributed by atoms with van der Waals surface area (Å²) >= 11 is 0. The number of ether oxygens (including phenoxy) is 1. The van der Waals surface area contributed by atoms with Gasteiger partial charge in [0, 0.05) is 51.9 Å². The fourth-order valence-corrected chi connectivity index (χ4v) is 6.28. The molecular weight excluding hydrogens is 482 g/mol. The number of nitrogens with one attached hydrogen (secondary N) is 1. The molecule has 8 nitrogen and oxygen atoms in total. The number of benzene rings is 1. The third-order valence-electron chi connectivity index (χ3n) is 8.45. The maximum absolute atomic E-state index is 13.5. The maximum Gasteiger partial charge on any atom is 0.407 e. The number of nitrogens with zero attached hydrogens (tertiary/aromatic N) is 2. The number of urea groups is 1. The SMILES string of the molecule is CCOCCCCC(O)(c1ccccc1)[C@@H]1CCCN(C(=O)N[C@H](CC2CCCCC2)CN(C)C(=O)O)C1. The number of carboxylic acid groups (broad SMARTS) is 1. The molecule has 3 N–H and O–H groups in total. The Morgan fingerprint density at radius 3 is 2.55 bits per heavy atom. The van der Waals surface area contributed by atoms with E-state index in [4.69, 9.17) is 4.74 Å². The summed E-state index contributed by atoms with van der Waals surface area (Å²) in [6.07, 6.45) is 9.81. The second-order valence-corrected chi connectivity index (χ2v) is 11.3. The van der Waals surface area contributed by atoms with E-state index >= 15 is 0 Å². The normalized spacial score (nSPS) is 20.9. The molecule has 1 heterocycles. The van der Waals surface area contributed by atoms with E-state index in [-0.39, 0.29) is 24.5 Å². The van der Waals surface area contributed by atoms with Crippen LogP contribution in [-0.2, 0) is 10.3 Å². The van der Waals surface area contributed by atoms with Crippen LogP contribution in [0.25, 0.3) is 0 Å². The molecule has 1 aliphatic heterocycles. The van der Waals surface area contributed by atoms with Gasteiger partial charge in [0.05, 0.1) is 5.60 Å². The third kappa shape index (κ3) is 8.87. The quantitative estimate of drug-likeness (QED) is 0.294. The minimum atomic E-state index is -1.02. The van der Waals surface area contributed by atoms with Gasteiger partial charge in [-0.15, -0.1) is 0 Å². The molecule has 1 aromatic carbocycles. The predicted octanol–water partition coefficient (Wildman–Crippen LogP) is 5.45. The Balaban J connectivity index is 1.68. The molecule has 1 aromatic rings. The van der Waals surface area contributed by atoms with Crippen molar-refractivity contribution in [2.45, 2.75) is 89.2 Å². The molecule has 2 fully saturated rings. The molecule has 0 bridgehead atoms. The standard InChI is InChI=1S/C30H49N3O5/c1-3-38-20-11-10-18-30(37,25-15-8-5-9-16-25)26-17-12-19-33(22-26)28(34)31-27(23-32(2)29(35)36)21-24-13-6-4-7-14-24/h5,8-9,15-16,24,26-27,37H,3-4,6-7,10-14,17-23H2,1-2H3,(H,31,34)(H,35,36)/t26-,27-,30?/m1/s1. The number of aliphatic hydroxyl groups is 1. The van der Waals surface area contributed by atoms with Crippen molar-refractivity contribution in [3.05, 3.63) is 35.9 Å². The zero-order valence-corrected chi connectivity index (χ0v) is 23.4. The predicted molar refractivity (Wildman–Crippen MR) is 149 cm³/mol. The number of hydrogen-bond acceptors (Lipinski definition) is 4. The van der Waals surface area contributed by atoms with E-state index in [0.29, 0.717) is 38.6 Å². The van der Waals surface area contributed by atoms with Crippen LogP contribution in [0, 0.1) is 11.8 Å². The third-order valence-corrected chi connectivity index (χ3v) is 8.45. The number of carbonyl (C=O) groups excluding carboxylic acids is 1. The lowest BCUT2D eigenvalue weighted by Gasteiger charge is -2.43. The van der Waals surface area contributed by atoms with E-state index in [0.717, 1.165) is 50.5 Å². The van der Waals surface area contributed by atoms with E-state index < -0.39 is 11.7 Å². The Hall–Kier alpha value is -2.32. The van der Waals surface area contributed by atoms with Gasteiger partial charge in [0.2, 0.25) is 0 Å². The van der Waals surface area contributed by atoms with Crippen molar-refractivity contribution < 1.29 is 24.5 Å². The fourth-order valence-electron chi connectivity index (χ4n) is 6.28. The number of amides is 3. The van der Waals surface area contributed by atoms with Crippen LogP contribution in [0.3, 0.4) is 0 Å². The molecule has 214 valence electrons. The summed E-state index contributed by atoms with van der Waals surface area (Å²) in [5.74, 6) is 0.445. The van der Waals surface area contributed by atoms with E-state index in [2.05, 4.69) is 5.32 Å². The van der Waals surface area contributed by atoms with Gasteiger partial charge in [-0.25, -0.2) is 9.59 Å². The second kappa shape index (κ2) is 15.3. The highest BCUT2D eigenvalue weighted by atomic mass is 16.5. The lowest BCUT2D eigenvalue weighted by Crippen LogP contribution is -2.54. The van der Waals surface area contributed by atoms with Crippen molar-refractivity contribution in [1.82, 2.24) is 15.1 Å². The first-order valence-corrected chi connectivity index (χ1v) is 14.7. The minimum absolute atomic E-state index is 0.0741. The smallest absolute Gasteiger partial charge is 0.407 e. The highest BCUT2D eigenvalue weighted by molar-refractivity contribution is 5.75. The van der Waals surface area contributed by atoms with Crippen LogP contribution in [0.5, 0.6) is 0 Å². The van der Waals surface area contributed by atoms with E-state index in [9.17, 15) is 19.8 Å². The molecule has 3 atom stereocenters. The summed E-state index contributed by atoms with van der Waals surface area (Å²) < 4.78 is 5.50. The molecule has 3 amide bonds. The zero-order valence-electron chi connectivity index (χ0n) is 23.4. The van der Waals surface area contributed by atoms with Crippen molar-refractivity contribution in [2.75, 3.05) is 39.9 Å². The molecule has 0 radical (unpaired) electrons. The lowest BCUT2D eigenvalue weighted by atomic mass is 9.74. The highest BCUT2D eigenvalue weighted by Gasteiger charge is 2.41. The van der Waals surface area contributed by atoms with Crippen LogP contribution in [0.15, 0.2) is 30.3 Å². The number of hydrogen-bond donors (Lipinski definition) is 3. The first kappa shape index (κ1) is 30.2. The second-order valence-electron chi connectivity index (χ2n) is 11.3. The maximum atomic E-state index is 13.5. The highest BCUT2D eigenvalue weighted by Crippen LogP contribution is 2.39. The van der Waals surface area contributed by atoms with Gasteiger partial charge in [-0.05, 0) is 56.9 Å². The Bertz CT molecular complexity index is 848. The van der Waals surface area contributed by atoms with Crippen LogP contribution in [0.4, 0.5) is 9.59 Å². The van der Waals surface area contributed by atoms with Crippen molar-refractivity contribution in [1.29, 1.82) is 0 Å². The first-order valence-electron chi connectivity index (χ1n) is 14.7. The summed E-state index contributed by atoms with van der Waals surface area (Å²) in [7, 11) is 1.56. The molecular formula is C30H49N3O5. The van der Waals surface area contributed by atoms with Crippen molar-refractivity contribution in [2.24, 2.45) is 11.8 Å². The van der Waals surface area contributed by atoms with Gasteiger partial charge in [0.15, 0.2) is 0 Å². The van der Waals surface area contributed by atoms with Gasteiger partial charge in [-0.3, -0.25) is 0 Å². The van der Waals surface area contributed by atoms with E-state index in [1.54, 1.807) is 7.05 Å². The lowest BCUT2D eigenvalue weighted by molar-refractivity contribution is -0.0566. The number of rotatable bonds is 13. The average Bonchev–Trinajstić information content (AvgIpc) is 2.93. The summed E-state index contributed by atoms with van der Waals surface area (Å²) in [6, 6.07) is 9.48. The van der Waals surface area contributed by atoms with Crippen molar-refractivity contribution in [3.63, 3.8) is 0 Å². The molecule has 38 heavy (non-hydrogen) atoms. The van der Waals surface area contributed by atoms with Crippen LogP contribution >= 0.6 is 0 Å². The summed E-state index contributed by atoms with van der Waals surface area (Å²) in [5.41, 5.74) is -0.112. The molecule has 3 rings (SSSR count). The summed E-state index contributed by atoms with van der Waals surface area (Å²) in [6.45, 7) is 4.77. The Kier molecular flexibility index (Phi) is 12.2. The van der Waals surface area contributed by atoms with Crippen LogP contribution in [-0.4, -0.2) is 78.1 Å². The summed E-state index contributed by atoms with van der Waals surface area (Å²) in [5, 5.41) is 24.7. The molecule has 8 heteroatoms. The molecule has 1 saturated heterocycles. The van der Waals surface area contributed by atoms with E-state index in [1.165, 1.54) is 24.2 Å². The van der Waals surface area contributed by atoms with Gasteiger partial charge in [0.25, 0.3) is 0 Å². The Morgan fingerprint density at radius 2 is 1.87 bits per heavy atom. The fraction of sp³-hybridized carbons (Fsp3) is 0.733. The molecule has 1 saturated carbocycles. The molecule has 1 unspecified atom stereocenters. The number of carbonyl (C=O) groups is 2. The molecule has 0 aromatic heterocycles. The Morgan fingerprint density at radius 1 is 1.13 bits per heavy atom. The van der Waals surface area contributed by atoms with Gasteiger partial charge in [0.1, 0.15) is 0 Å². The minimum Gasteiger partial charge on any atom is -0.465 e. The van der Waals surface area contributed by atoms with Crippen molar-refractivity contribution >= 4 is 12.1 Å². The zero-order chi connectivity index (χ0) is 27.4. The monoisotopic (exact) mass is 531 g/mol. The van der Waals surface area contributed by atoms with Crippen molar-refractivity contribution in [3.8, 4) is 0 Å². The van der Waals surface area contributed by atoms with Crippen LogP contribution < -0.4 is 5.32 Å². The number of piperidine rings is 1. The number of likely N-dealkylation sites (tertiary alicyclic amines) is 1. The molecule has 0 spiro atoms. The average molecular weight is 532 g/mol. The van der Waals surface area contributed by atoms with Gasteiger partial charge in [-0.1, -0.05) is 62.4 Å². The number of likely N-dealkylation sites (N-methyl/N-ethyl adjacent to an activating group) is 1. The Labute approximate surface area is 228 Å². The first-order chi connectivity index (χ1) is 18.3. The van der Waals surface area contributed by atoms with Gasteiger partial charge < -0.3 is 30.1 Å². The topological polar surface area (TPSA) is 102 Å². The van der Waals surface area contributed by atoms with E-state index in [1.807, 2.05) is 42.2 Å². The van der Waals surface area contributed by atoms with Gasteiger partial charge in [-0.2, -0.15) is 0 Å². The van der Waals surface area contributed by atoms with Gasteiger partial charge >= 0.3 is 12.1 Å². The molecule has 1 aliphatic carbocycles. The van der Waals surface area contributed by atoms with Crippen LogP contribution in [0.2, 0.25) is 0 Å². The largest absolute Gasteiger partial charge is 0.465 e.